The first-order valence-corrected chi connectivity index (χ1v) is 3.22. The Morgan fingerprint density at radius 3 is 2.00 bits per heavy atom. The molecule has 9 heavy (non-hydrogen) atoms. The zero-order valence-corrected chi connectivity index (χ0v) is 6.27. The van der Waals surface area contributed by atoms with Crippen molar-refractivity contribution in [2.24, 2.45) is 0 Å². The maximum absolute atomic E-state index is 10.4. The minimum Gasteiger partial charge on any atom is -0.289 e. The van der Waals surface area contributed by atoms with Gasteiger partial charge in [-0.05, 0) is 0 Å². The smallest absolute Gasteiger partial charge is 0.231 e. The summed E-state index contributed by atoms with van der Waals surface area (Å²) in [5.74, 6) is -0.00120. The number of nitrogens with zero attached hydrogens (tertiary/aromatic N) is 1. The summed E-state index contributed by atoms with van der Waals surface area (Å²) in [6.07, 6.45) is 0. The monoisotopic (exact) mass is 130 g/mol. The van der Waals surface area contributed by atoms with Crippen LogP contribution in [0.5, 0.6) is 0 Å². The third-order valence-corrected chi connectivity index (χ3v) is 1.08. The lowest BCUT2D eigenvalue weighted by molar-refractivity contribution is -0.123. The van der Waals surface area contributed by atoms with E-state index in [9.17, 15) is 4.79 Å². The summed E-state index contributed by atoms with van der Waals surface area (Å²) >= 11 is 0. The van der Waals surface area contributed by atoms with Gasteiger partial charge in [-0.25, -0.2) is 5.01 Å². The summed E-state index contributed by atoms with van der Waals surface area (Å²) < 4.78 is 0. The molecule has 0 radical (unpaired) electrons. The van der Waals surface area contributed by atoms with Crippen LogP contribution in [0.25, 0.3) is 0 Å². The van der Waals surface area contributed by atoms with Gasteiger partial charge in [0.15, 0.2) is 0 Å². The van der Waals surface area contributed by atoms with Gasteiger partial charge in [-0.3, -0.25) is 10.2 Å². The number of hydrazine groups is 1. The van der Waals surface area contributed by atoms with E-state index < -0.39 is 0 Å². The van der Waals surface area contributed by atoms with Gasteiger partial charge in [0.2, 0.25) is 5.91 Å². The summed E-state index contributed by atoms with van der Waals surface area (Å²) in [4.78, 5) is 10.4. The van der Waals surface area contributed by atoms with E-state index in [4.69, 9.17) is 0 Å². The van der Waals surface area contributed by atoms with Gasteiger partial charge < -0.3 is 0 Å². The molecule has 0 rings (SSSR count). The van der Waals surface area contributed by atoms with Crippen LogP contribution in [-0.2, 0) is 4.79 Å². The SMILES string of the molecule is CCN(CC)NC(C)=O. The molecule has 0 spiro atoms. The average Bonchev–Trinajstić information content (AvgIpc) is 1.82. The van der Waals surface area contributed by atoms with Crippen molar-refractivity contribution in [2.75, 3.05) is 13.1 Å². The Hall–Kier alpha value is -0.570. The van der Waals surface area contributed by atoms with E-state index in [2.05, 4.69) is 5.43 Å². The van der Waals surface area contributed by atoms with E-state index in [-0.39, 0.29) is 5.91 Å². The molecule has 0 fully saturated rings. The fraction of sp³-hybridized carbons (Fsp3) is 0.833. The normalized spacial score (nSPS) is 9.78. The minimum absolute atomic E-state index is 0.00120. The molecular weight excluding hydrogens is 116 g/mol. The lowest BCUT2D eigenvalue weighted by Crippen LogP contribution is -2.40. The van der Waals surface area contributed by atoms with E-state index >= 15 is 0 Å². The number of carbonyl (C=O) groups is 1. The van der Waals surface area contributed by atoms with Gasteiger partial charge in [-0.2, -0.15) is 0 Å². The highest BCUT2D eigenvalue weighted by Crippen LogP contribution is 1.77. The summed E-state index contributed by atoms with van der Waals surface area (Å²) in [6.45, 7) is 7.23. The van der Waals surface area contributed by atoms with Crippen LogP contribution < -0.4 is 5.43 Å². The largest absolute Gasteiger partial charge is 0.289 e. The molecule has 0 bridgehead atoms. The molecule has 0 aliphatic rings. The molecule has 0 saturated carbocycles. The van der Waals surface area contributed by atoms with Gasteiger partial charge in [0, 0.05) is 20.0 Å². The third-order valence-electron chi connectivity index (χ3n) is 1.08. The molecule has 0 atom stereocenters. The van der Waals surface area contributed by atoms with Gasteiger partial charge in [-0.15, -0.1) is 0 Å². The average molecular weight is 130 g/mol. The van der Waals surface area contributed by atoms with E-state index in [1.54, 1.807) is 0 Å². The molecule has 0 aromatic heterocycles. The van der Waals surface area contributed by atoms with Crippen molar-refractivity contribution in [1.82, 2.24) is 10.4 Å². The third kappa shape index (κ3) is 3.97. The summed E-state index contributed by atoms with van der Waals surface area (Å²) in [7, 11) is 0. The fourth-order valence-corrected chi connectivity index (χ4v) is 0.604. The van der Waals surface area contributed by atoms with Gasteiger partial charge in [0.05, 0.1) is 0 Å². The van der Waals surface area contributed by atoms with Crippen LogP contribution >= 0.6 is 0 Å². The number of hydrogen-bond acceptors (Lipinski definition) is 2. The quantitative estimate of drug-likeness (QED) is 0.560. The predicted octanol–water partition coefficient (Wildman–Crippen LogP) is 0.379. The Balaban J connectivity index is 3.43. The highest BCUT2D eigenvalue weighted by atomic mass is 16.2. The lowest BCUT2D eigenvalue weighted by Gasteiger charge is -2.17. The Labute approximate surface area is 56.0 Å². The first-order chi connectivity index (χ1) is 4.20. The van der Waals surface area contributed by atoms with Gasteiger partial charge in [0.25, 0.3) is 0 Å². The number of hydrogen-bond donors (Lipinski definition) is 1. The van der Waals surface area contributed by atoms with Gasteiger partial charge >= 0.3 is 0 Å². The van der Waals surface area contributed by atoms with Crippen LogP contribution in [0.2, 0.25) is 0 Å². The Kier molecular flexibility index (Phi) is 4.05. The van der Waals surface area contributed by atoms with Crippen LogP contribution in [0.4, 0.5) is 0 Å². The molecule has 1 amide bonds. The van der Waals surface area contributed by atoms with Crippen LogP contribution in [0.15, 0.2) is 0 Å². The lowest BCUT2D eigenvalue weighted by atomic mass is 10.6. The minimum atomic E-state index is -0.00120. The highest BCUT2D eigenvalue weighted by Gasteiger charge is 1.97. The predicted molar refractivity (Wildman–Crippen MR) is 36.7 cm³/mol. The first kappa shape index (κ1) is 8.43. The van der Waals surface area contributed by atoms with Gasteiger partial charge in [-0.1, -0.05) is 13.8 Å². The molecule has 54 valence electrons. The molecule has 0 aromatic carbocycles. The second-order valence-electron chi connectivity index (χ2n) is 1.84. The van der Waals surface area contributed by atoms with Crippen molar-refractivity contribution in [3.63, 3.8) is 0 Å². The van der Waals surface area contributed by atoms with E-state index in [1.807, 2.05) is 18.9 Å². The van der Waals surface area contributed by atoms with Crippen molar-refractivity contribution in [3.05, 3.63) is 0 Å². The number of carbonyl (C=O) groups excluding carboxylic acids is 1. The maximum Gasteiger partial charge on any atom is 0.231 e. The van der Waals surface area contributed by atoms with E-state index in [0.717, 1.165) is 13.1 Å². The topological polar surface area (TPSA) is 32.3 Å². The molecule has 0 heterocycles. The molecule has 0 aromatic rings. The van der Waals surface area contributed by atoms with Crippen LogP contribution in [0.3, 0.4) is 0 Å². The fourth-order valence-electron chi connectivity index (χ4n) is 0.604. The Morgan fingerprint density at radius 1 is 1.44 bits per heavy atom. The number of nitrogens with one attached hydrogen (secondary N) is 1. The zero-order valence-electron chi connectivity index (χ0n) is 6.27. The van der Waals surface area contributed by atoms with E-state index in [0.29, 0.717) is 0 Å². The van der Waals surface area contributed by atoms with Crippen molar-refractivity contribution in [2.45, 2.75) is 20.8 Å². The molecule has 0 saturated heterocycles. The Morgan fingerprint density at radius 2 is 1.89 bits per heavy atom. The summed E-state index contributed by atoms with van der Waals surface area (Å²) in [5.41, 5.74) is 2.67. The molecular formula is C6H14N2O. The number of amides is 1. The van der Waals surface area contributed by atoms with Crippen molar-refractivity contribution in [3.8, 4) is 0 Å². The van der Waals surface area contributed by atoms with Crippen LogP contribution in [0.1, 0.15) is 20.8 Å². The molecule has 3 nitrogen and oxygen atoms in total. The highest BCUT2D eigenvalue weighted by molar-refractivity contribution is 5.72. The number of rotatable bonds is 3. The molecule has 0 aliphatic carbocycles. The van der Waals surface area contributed by atoms with E-state index in [1.165, 1.54) is 6.92 Å². The molecule has 1 N–H and O–H groups in total. The molecule has 0 aliphatic heterocycles. The molecule has 0 unspecified atom stereocenters. The first-order valence-electron chi connectivity index (χ1n) is 3.22. The van der Waals surface area contributed by atoms with Gasteiger partial charge in [0.1, 0.15) is 0 Å². The second kappa shape index (κ2) is 4.32. The zero-order chi connectivity index (χ0) is 7.28. The van der Waals surface area contributed by atoms with Crippen LogP contribution in [0, 0.1) is 0 Å². The van der Waals surface area contributed by atoms with Crippen LogP contribution in [-0.4, -0.2) is 24.0 Å². The standard InChI is InChI=1S/C6H14N2O/c1-4-8(5-2)7-6(3)9/h4-5H2,1-3H3,(H,7,9). The van der Waals surface area contributed by atoms with Crippen molar-refractivity contribution in [1.29, 1.82) is 0 Å². The maximum atomic E-state index is 10.4. The summed E-state index contributed by atoms with van der Waals surface area (Å²) in [5, 5.41) is 1.85. The van der Waals surface area contributed by atoms with Crippen molar-refractivity contribution < 1.29 is 4.79 Å². The second-order valence-corrected chi connectivity index (χ2v) is 1.84. The molecule has 3 heteroatoms. The summed E-state index contributed by atoms with van der Waals surface area (Å²) in [6, 6.07) is 0. The van der Waals surface area contributed by atoms with Crippen molar-refractivity contribution >= 4 is 5.91 Å². The Bertz CT molecular complexity index is 89.1.